The average Bonchev–Trinajstić information content (AvgIpc) is 3.13. The summed E-state index contributed by atoms with van der Waals surface area (Å²) < 4.78 is 14.2. The van der Waals surface area contributed by atoms with Crippen LogP contribution < -0.4 is 5.32 Å². The van der Waals surface area contributed by atoms with Crippen LogP contribution in [0.5, 0.6) is 0 Å². The minimum Gasteiger partial charge on any atom is -0.352 e. The quantitative estimate of drug-likeness (QED) is 0.678. The number of carbonyl (C=O) groups excluding carboxylic acids is 1. The van der Waals surface area contributed by atoms with Gasteiger partial charge in [0.05, 0.1) is 35.8 Å². The number of hydrogen-bond acceptors (Lipinski definition) is 4. The number of hydroxylamine groups is 2. The number of nitrogens with one attached hydrogen (secondary N) is 2. The molecule has 0 saturated carbocycles. The summed E-state index contributed by atoms with van der Waals surface area (Å²) in [6.07, 6.45) is 1.59. The van der Waals surface area contributed by atoms with Gasteiger partial charge in [-0.05, 0) is 36.8 Å². The Morgan fingerprint density at radius 2 is 2.00 bits per heavy atom. The predicted octanol–water partition coefficient (Wildman–Crippen LogP) is 4.41. The standard InChI is InChI=1S/C17H17FN4O2.C2H6/c1-10-4-6-15(13(18)8-10)20-16-11(17(23)22(2)24-3)5-7-14-12(16)9-19-21-14;1-2/h4-9,20H,1-3H3,(H,19,21);1-2H3. The molecular weight excluding hydrogens is 335 g/mol. The molecule has 0 aliphatic heterocycles. The molecular formula is C19H23FN4O2. The van der Waals surface area contributed by atoms with Crippen molar-refractivity contribution in [1.82, 2.24) is 15.3 Å². The van der Waals surface area contributed by atoms with Gasteiger partial charge >= 0.3 is 0 Å². The molecule has 0 fully saturated rings. The molecule has 1 amide bonds. The van der Waals surface area contributed by atoms with E-state index in [0.29, 0.717) is 16.6 Å². The number of aryl methyl sites for hydroxylation is 1. The molecule has 2 aromatic carbocycles. The highest BCUT2D eigenvalue weighted by Crippen LogP contribution is 2.31. The highest BCUT2D eigenvalue weighted by molar-refractivity contribution is 6.08. The van der Waals surface area contributed by atoms with E-state index >= 15 is 0 Å². The van der Waals surface area contributed by atoms with Crippen LogP contribution in [0.15, 0.2) is 36.5 Å². The maximum Gasteiger partial charge on any atom is 0.279 e. The number of nitrogens with zero attached hydrogens (tertiary/aromatic N) is 2. The minimum atomic E-state index is -0.394. The zero-order valence-corrected chi connectivity index (χ0v) is 15.6. The minimum absolute atomic E-state index is 0.281. The molecule has 1 aromatic heterocycles. The molecule has 26 heavy (non-hydrogen) atoms. The Bertz CT molecular complexity index is 908. The van der Waals surface area contributed by atoms with Crippen LogP contribution in [0.4, 0.5) is 15.8 Å². The van der Waals surface area contributed by atoms with Crippen molar-refractivity contribution < 1.29 is 14.0 Å². The van der Waals surface area contributed by atoms with Crippen molar-refractivity contribution in [3.05, 3.63) is 53.5 Å². The molecule has 6 nitrogen and oxygen atoms in total. The topological polar surface area (TPSA) is 70.2 Å². The molecule has 0 unspecified atom stereocenters. The lowest BCUT2D eigenvalue weighted by molar-refractivity contribution is -0.0756. The SMILES string of the molecule is CC.CON(C)C(=O)c1ccc2[nH]ncc2c1Nc1ccc(C)cc1F. The van der Waals surface area contributed by atoms with Gasteiger partial charge in [0.2, 0.25) is 0 Å². The molecule has 0 aliphatic carbocycles. The smallest absolute Gasteiger partial charge is 0.279 e. The van der Waals surface area contributed by atoms with E-state index in [9.17, 15) is 9.18 Å². The third kappa shape index (κ3) is 3.83. The summed E-state index contributed by atoms with van der Waals surface area (Å²) in [6, 6.07) is 8.25. The van der Waals surface area contributed by atoms with E-state index in [1.165, 1.54) is 20.2 Å². The van der Waals surface area contributed by atoms with E-state index in [1.54, 1.807) is 30.5 Å². The maximum absolute atomic E-state index is 14.2. The Kier molecular flexibility index (Phi) is 6.30. The second-order valence-corrected chi connectivity index (χ2v) is 5.41. The fraction of sp³-hybridized carbons (Fsp3) is 0.263. The largest absolute Gasteiger partial charge is 0.352 e. The lowest BCUT2D eigenvalue weighted by atomic mass is 10.1. The first-order valence-electron chi connectivity index (χ1n) is 8.32. The van der Waals surface area contributed by atoms with E-state index in [-0.39, 0.29) is 11.6 Å². The van der Waals surface area contributed by atoms with Crippen molar-refractivity contribution in [2.24, 2.45) is 0 Å². The molecule has 0 atom stereocenters. The molecule has 0 radical (unpaired) electrons. The molecule has 0 spiro atoms. The van der Waals surface area contributed by atoms with E-state index in [4.69, 9.17) is 4.84 Å². The van der Waals surface area contributed by atoms with Gasteiger partial charge in [-0.3, -0.25) is 14.7 Å². The third-order valence-corrected chi connectivity index (χ3v) is 3.80. The van der Waals surface area contributed by atoms with Crippen molar-refractivity contribution in [3.63, 3.8) is 0 Å². The lowest BCUT2D eigenvalue weighted by Gasteiger charge is -2.18. The summed E-state index contributed by atoms with van der Waals surface area (Å²) in [6.45, 7) is 5.81. The Hall–Kier alpha value is -2.93. The van der Waals surface area contributed by atoms with Gasteiger partial charge in [0.1, 0.15) is 5.82 Å². The predicted molar refractivity (Wildman–Crippen MR) is 101 cm³/mol. The molecule has 3 rings (SSSR count). The number of halogens is 1. The highest BCUT2D eigenvalue weighted by Gasteiger charge is 2.20. The molecule has 138 valence electrons. The van der Waals surface area contributed by atoms with Gasteiger partial charge in [0.15, 0.2) is 0 Å². The number of rotatable bonds is 4. The van der Waals surface area contributed by atoms with Crippen molar-refractivity contribution >= 4 is 28.2 Å². The van der Waals surface area contributed by atoms with Crippen LogP contribution >= 0.6 is 0 Å². The number of carbonyl (C=O) groups is 1. The van der Waals surface area contributed by atoms with Gasteiger partial charge in [-0.25, -0.2) is 9.45 Å². The number of aromatic nitrogens is 2. The molecule has 0 aliphatic rings. The summed E-state index contributed by atoms with van der Waals surface area (Å²) in [5, 5.41) is 11.6. The molecule has 1 heterocycles. The fourth-order valence-electron chi connectivity index (χ4n) is 2.44. The normalized spacial score (nSPS) is 10.2. The zero-order valence-electron chi connectivity index (χ0n) is 15.6. The summed E-state index contributed by atoms with van der Waals surface area (Å²) >= 11 is 0. The van der Waals surface area contributed by atoms with Crippen LogP contribution in [-0.2, 0) is 4.84 Å². The summed E-state index contributed by atoms with van der Waals surface area (Å²) in [4.78, 5) is 17.5. The number of hydrogen-bond donors (Lipinski definition) is 2. The first-order valence-corrected chi connectivity index (χ1v) is 8.32. The van der Waals surface area contributed by atoms with Crippen LogP contribution in [0, 0.1) is 12.7 Å². The van der Waals surface area contributed by atoms with Crippen molar-refractivity contribution in [1.29, 1.82) is 0 Å². The fourth-order valence-corrected chi connectivity index (χ4v) is 2.44. The van der Waals surface area contributed by atoms with E-state index in [0.717, 1.165) is 16.1 Å². The van der Waals surface area contributed by atoms with Crippen LogP contribution in [-0.4, -0.2) is 35.3 Å². The monoisotopic (exact) mass is 358 g/mol. The van der Waals surface area contributed by atoms with Crippen LogP contribution in [0.3, 0.4) is 0 Å². The number of benzene rings is 2. The summed E-state index contributed by atoms with van der Waals surface area (Å²) in [7, 11) is 2.92. The zero-order chi connectivity index (χ0) is 19.3. The van der Waals surface area contributed by atoms with Gasteiger partial charge < -0.3 is 5.32 Å². The number of amides is 1. The van der Waals surface area contributed by atoms with Crippen molar-refractivity contribution in [2.45, 2.75) is 20.8 Å². The first kappa shape index (κ1) is 19.4. The lowest BCUT2D eigenvalue weighted by Crippen LogP contribution is -2.26. The van der Waals surface area contributed by atoms with E-state index in [2.05, 4.69) is 15.5 Å². The number of H-pyrrole nitrogens is 1. The molecule has 2 N–H and O–H groups in total. The van der Waals surface area contributed by atoms with Gasteiger partial charge in [-0.15, -0.1) is 0 Å². The first-order chi connectivity index (χ1) is 12.5. The van der Waals surface area contributed by atoms with Gasteiger partial charge in [-0.2, -0.15) is 5.10 Å². The van der Waals surface area contributed by atoms with Crippen LogP contribution in [0.25, 0.3) is 10.9 Å². The summed E-state index contributed by atoms with van der Waals surface area (Å²) in [5.41, 5.74) is 2.66. The molecule has 0 bridgehead atoms. The van der Waals surface area contributed by atoms with Gasteiger partial charge in [0, 0.05) is 12.4 Å². The third-order valence-electron chi connectivity index (χ3n) is 3.80. The van der Waals surface area contributed by atoms with E-state index < -0.39 is 5.82 Å². The second-order valence-electron chi connectivity index (χ2n) is 5.41. The average molecular weight is 358 g/mol. The Balaban J connectivity index is 0.00000117. The Labute approximate surface area is 151 Å². The van der Waals surface area contributed by atoms with Crippen molar-refractivity contribution in [3.8, 4) is 0 Å². The number of aromatic amines is 1. The molecule has 7 heteroatoms. The Morgan fingerprint density at radius 3 is 2.65 bits per heavy atom. The van der Waals surface area contributed by atoms with Gasteiger partial charge in [0.25, 0.3) is 5.91 Å². The molecule has 3 aromatic rings. The van der Waals surface area contributed by atoms with Gasteiger partial charge in [-0.1, -0.05) is 19.9 Å². The highest BCUT2D eigenvalue weighted by atomic mass is 19.1. The van der Waals surface area contributed by atoms with Crippen LogP contribution in [0.2, 0.25) is 0 Å². The Morgan fingerprint density at radius 1 is 1.27 bits per heavy atom. The second kappa shape index (κ2) is 8.44. The number of anilines is 2. The van der Waals surface area contributed by atoms with Crippen LogP contribution in [0.1, 0.15) is 29.8 Å². The van der Waals surface area contributed by atoms with Crippen molar-refractivity contribution in [2.75, 3.05) is 19.5 Å². The number of fused-ring (bicyclic) bond motifs is 1. The molecule has 0 saturated heterocycles. The van der Waals surface area contributed by atoms with E-state index in [1.807, 2.05) is 20.8 Å². The summed E-state index contributed by atoms with van der Waals surface area (Å²) in [5.74, 6) is -0.746. The maximum atomic E-state index is 14.2.